The van der Waals surface area contributed by atoms with E-state index in [1.54, 1.807) is 7.11 Å². The predicted octanol–water partition coefficient (Wildman–Crippen LogP) is 2.42. The van der Waals surface area contributed by atoms with Crippen LogP contribution >= 0.6 is 0 Å². The number of ether oxygens (including phenoxy) is 1. The van der Waals surface area contributed by atoms with Gasteiger partial charge in [0.25, 0.3) is 0 Å². The first-order chi connectivity index (χ1) is 9.15. The van der Waals surface area contributed by atoms with Crippen LogP contribution in [-0.2, 0) is 0 Å². The van der Waals surface area contributed by atoms with Crippen molar-refractivity contribution in [2.75, 3.05) is 33.9 Å². The van der Waals surface area contributed by atoms with E-state index in [0.29, 0.717) is 5.92 Å². The van der Waals surface area contributed by atoms with Crippen LogP contribution in [0.4, 0.5) is 0 Å². The van der Waals surface area contributed by atoms with Crippen molar-refractivity contribution in [1.29, 1.82) is 0 Å². The molecule has 106 valence electrons. The van der Waals surface area contributed by atoms with Gasteiger partial charge in [0, 0.05) is 5.92 Å². The molecule has 1 aromatic carbocycles. The number of aliphatic hydroxyl groups is 1. The molecule has 2 rings (SSSR count). The molecular weight excluding hydrogens is 238 g/mol. The SMILES string of the molecule is COc1ccc(C(CO)C2CCN(C)CC2)cc1C. The molecule has 0 saturated carbocycles. The Morgan fingerprint density at radius 3 is 2.58 bits per heavy atom. The number of methoxy groups -OCH3 is 1. The molecule has 0 spiro atoms. The van der Waals surface area contributed by atoms with Gasteiger partial charge in [0.2, 0.25) is 0 Å². The Morgan fingerprint density at radius 2 is 2.05 bits per heavy atom. The fraction of sp³-hybridized carbons (Fsp3) is 0.625. The van der Waals surface area contributed by atoms with Crippen LogP contribution in [0.5, 0.6) is 5.75 Å². The monoisotopic (exact) mass is 263 g/mol. The second-order valence-corrected chi connectivity index (χ2v) is 5.66. The van der Waals surface area contributed by atoms with Gasteiger partial charge in [-0.3, -0.25) is 0 Å². The van der Waals surface area contributed by atoms with Crippen LogP contribution in [0.2, 0.25) is 0 Å². The maximum absolute atomic E-state index is 9.77. The highest BCUT2D eigenvalue weighted by Crippen LogP contribution is 2.33. The second-order valence-electron chi connectivity index (χ2n) is 5.66. The molecule has 0 bridgehead atoms. The number of likely N-dealkylation sites (tertiary alicyclic amines) is 1. The Hall–Kier alpha value is -1.06. The molecule has 1 saturated heterocycles. The van der Waals surface area contributed by atoms with E-state index in [0.717, 1.165) is 24.4 Å². The summed E-state index contributed by atoms with van der Waals surface area (Å²) in [5.41, 5.74) is 2.39. The lowest BCUT2D eigenvalue weighted by Crippen LogP contribution is -2.33. The fourth-order valence-electron chi connectivity index (χ4n) is 3.09. The van der Waals surface area contributed by atoms with Gasteiger partial charge in [0.15, 0.2) is 0 Å². The van der Waals surface area contributed by atoms with Crippen LogP contribution < -0.4 is 4.74 Å². The number of hydrogen-bond donors (Lipinski definition) is 1. The van der Waals surface area contributed by atoms with Crippen molar-refractivity contribution in [2.45, 2.75) is 25.7 Å². The van der Waals surface area contributed by atoms with Gasteiger partial charge >= 0.3 is 0 Å². The molecule has 3 heteroatoms. The molecule has 1 aliphatic rings. The third kappa shape index (κ3) is 3.28. The van der Waals surface area contributed by atoms with Crippen LogP contribution in [-0.4, -0.2) is 43.9 Å². The third-order valence-corrected chi connectivity index (χ3v) is 4.38. The van der Waals surface area contributed by atoms with Crippen molar-refractivity contribution in [2.24, 2.45) is 5.92 Å². The molecule has 0 radical (unpaired) electrons. The third-order valence-electron chi connectivity index (χ3n) is 4.38. The number of hydrogen-bond acceptors (Lipinski definition) is 3. The Bertz CT molecular complexity index is 411. The van der Waals surface area contributed by atoms with Crippen molar-refractivity contribution < 1.29 is 9.84 Å². The van der Waals surface area contributed by atoms with Gasteiger partial charge in [-0.2, -0.15) is 0 Å². The number of piperidine rings is 1. The molecule has 0 aromatic heterocycles. The minimum Gasteiger partial charge on any atom is -0.496 e. The molecule has 19 heavy (non-hydrogen) atoms. The zero-order valence-electron chi connectivity index (χ0n) is 12.2. The smallest absolute Gasteiger partial charge is 0.121 e. The quantitative estimate of drug-likeness (QED) is 0.905. The highest BCUT2D eigenvalue weighted by atomic mass is 16.5. The topological polar surface area (TPSA) is 32.7 Å². The van der Waals surface area contributed by atoms with Crippen molar-refractivity contribution >= 4 is 0 Å². The molecule has 0 amide bonds. The van der Waals surface area contributed by atoms with E-state index in [1.807, 2.05) is 6.07 Å². The number of nitrogens with zero attached hydrogens (tertiary/aromatic N) is 1. The summed E-state index contributed by atoms with van der Waals surface area (Å²) in [6.07, 6.45) is 2.35. The Balaban J connectivity index is 2.15. The van der Waals surface area contributed by atoms with Crippen molar-refractivity contribution in [3.8, 4) is 5.75 Å². The molecule has 1 fully saturated rings. The summed E-state index contributed by atoms with van der Waals surface area (Å²) in [4.78, 5) is 2.37. The number of aliphatic hydroxyl groups excluding tert-OH is 1. The maximum atomic E-state index is 9.77. The first-order valence-corrected chi connectivity index (χ1v) is 7.09. The van der Waals surface area contributed by atoms with Crippen molar-refractivity contribution in [1.82, 2.24) is 4.90 Å². The predicted molar refractivity (Wildman–Crippen MR) is 77.8 cm³/mol. The Kier molecular flexibility index (Phi) is 4.83. The van der Waals surface area contributed by atoms with Crippen LogP contribution in [0, 0.1) is 12.8 Å². The summed E-state index contributed by atoms with van der Waals surface area (Å²) in [5.74, 6) is 1.77. The van der Waals surface area contributed by atoms with E-state index in [4.69, 9.17) is 4.74 Å². The van der Waals surface area contributed by atoms with Gasteiger partial charge in [0.1, 0.15) is 5.75 Å². The van der Waals surface area contributed by atoms with Gasteiger partial charge in [-0.05, 0) is 63.0 Å². The minimum absolute atomic E-state index is 0.236. The lowest BCUT2D eigenvalue weighted by Gasteiger charge is -2.34. The van der Waals surface area contributed by atoms with E-state index >= 15 is 0 Å². The first-order valence-electron chi connectivity index (χ1n) is 7.09. The average molecular weight is 263 g/mol. The molecular formula is C16H25NO2. The molecule has 3 nitrogen and oxygen atoms in total. The summed E-state index contributed by atoms with van der Waals surface area (Å²) in [7, 11) is 3.87. The Labute approximate surface area is 116 Å². The summed E-state index contributed by atoms with van der Waals surface area (Å²) >= 11 is 0. The summed E-state index contributed by atoms with van der Waals surface area (Å²) in [6, 6.07) is 6.28. The normalized spacial score (nSPS) is 19.4. The average Bonchev–Trinajstić information content (AvgIpc) is 2.42. The molecule has 1 aromatic rings. The maximum Gasteiger partial charge on any atom is 0.121 e. The standard InChI is InChI=1S/C16H25NO2/c1-12-10-14(4-5-16(12)19-3)15(11-18)13-6-8-17(2)9-7-13/h4-5,10,13,15,18H,6-9,11H2,1-3H3. The van der Waals surface area contributed by atoms with Gasteiger partial charge in [0.05, 0.1) is 13.7 Å². The van der Waals surface area contributed by atoms with E-state index < -0.39 is 0 Å². The van der Waals surface area contributed by atoms with Gasteiger partial charge in [-0.1, -0.05) is 12.1 Å². The van der Waals surface area contributed by atoms with Crippen LogP contribution in [0.25, 0.3) is 0 Å². The van der Waals surface area contributed by atoms with E-state index in [2.05, 4.69) is 31.0 Å². The minimum atomic E-state index is 0.236. The number of aryl methyl sites for hydroxylation is 1. The van der Waals surface area contributed by atoms with Crippen molar-refractivity contribution in [3.05, 3.63) is 29.3 Å². The fourth-order valence-corrected chi connectivity index (χ4v) is 3.09. The Morgan fingerprint density at radius 1 is 1.37 bits per heavy atom. The lowest BCUT2D eigenvalue weighted by atomic mass is 9.80. The first kappa shape index (κ1) is 14.4. The lowest BCUT2D eigenvalue weighted by molar-refractivity contribution is 0.156. The van der Waals surface area contributed by atoms with Crippen LogP contribution in [0.1, 0.15) is 29.9 Å². The summed E-state index contributed by atoms with van der Waals surface area (Å²) in [5, 5.41) is 9.77. The highest BCUT2D eigenvalue weighted by molar-refractivity contribution is 5.37. The van der Waals surface area contributed by atoms with E-state index in [-0.39, 0.29) is 12.5 Å². The summed E-state index contributed by atoms with van der Waals surface area (Å²) < 4.78 is 5.30. The van der Waals surface area contributed by atoms with Crippen LogP contribution in [0.3, 0.4) is 0 Å². The van der Waals surface area contributed by atoms with Crippen LogP contribution in [0.15, 0.2) is 18.2 Å². The highest BCUT2D eigenvalue weighted by Gasteiger charge is 2.26. The van der Waals surface area contributed by atoms with Gasteiger partial charge in [-0.15, -0.1) is 0 Å². The zero-order chi connectivity index (χ0) is 13.8. The number of rotatable bonds is 4. The molecule has 1 atom stereocenters. The molecule has 1 N–H and O–H groups in total. The molecule has 1 unspecified atom stereocenters. The van der Waals surface area contributed by atoms with Gasteiger partial charge < -0.3 is 14.7 Å². The summed E-state index contributed by atoms with van der Waals surface area (Å²) in [6.45, 7) is 4.57. The zero-order valence-corrected chi connectivity index (χ0v) is 12.2. The second kappa shape index (κ2) is 6.40. The molecule has 1 heterocycles. The van der Waals surface area contributed by atoms with E-state index in [1.165, 1.54) is 18.4 Å². The largest absolute Gasteiger partial charge is 0.496 e. The molecule has 0 aliphatic carbocycles. The van der Waals surface area contributed by atoms with Crippen molar-refractivity contribution in [3.63, 3.8) is 0 Å². The van der Waals surface area contributed by atoms with E-state index in [9.17, 15) is 5.11 Å². The van der Waals surface area contributed by atoms with Gasteiger partial charge in [-0.25, -0.2) is 0 Å². The molecule has 1 aliphatic heterocycles. The number of benzene rings is 1.